The maximum Gasteiger partial charge on any atom is 0.283 e. The minimum atomic E-state index is -0.437. The van der Waals surface area contributed by atoms with Gasteiger partial charge in [-0.25, -0.2) is 0 Å². The fourth-order valence-corrected chi connectivity index (χ4v) is 5.23. The van der Waals surface area contributed by atoms with Crippen LogP contribution in [0.25, 0.3) is 11.8 Å². The van der Waals surface area contributed by atoms with Gasteiger partial charge in [-0.15, -0.1) is 0 Å². The second-order valence-corrected chi connectivity index (χ2v) is 9.80. The summed E-state index contributed by atoms with van der Waals surface area (Å²) in [5, 5.41) is 15.7. The molecule has 1 aromatic heterocycles. The van der Waals surface area contributed by atoms with Gasteiger partial charge in [-0.2, -0.15) is 15.1 Å². The van der Waals surface area contributed by atoms with Crippen molar-refractivity contribution in [1.29, 1.82) is 5.41 Å². The van der Waals surface area contributed by atoms with Crippen molar-refractivity contribution in [1.82, 2.24) is 9.58 Å². The van der Waals surface area contributed by atoms with Gasteiger partial charge in [-0.1, -0.05) is 37.3 Å². The lowest BCUT2D eigenvalue weighted by Crippen LogP contribution is -2.35. The zero-order valence-electron chi connectivity index (χ0n) is 20.7. The van der Waals surface area contributed by atoms with Crippen LogP contribution >= 0.6 is 11.8 Å². The molecule has 0 atom stereocenters. The zero-order chi connectivity index (χ0) is 25.4. The number of nitrogens with one attached hydrogen (secondary N) is 1. The Morgan fingerprint density at radius 3 is 2.67 bits per heavy atom. The highest BCUT2D eigenvalue weighted by Gasteiger charge is 2.36. The van der Waals surface area contributed by atoms with E-state index in [2.05, 4.69) is 33.7 Å². The molecule has 0 spiro atoms. The normalized spacial score (nSPS) is 16.3. The number of hydrogen-bond donors (Lipinski definition) is 1. The molecule has 5 rings (SSSR count). The van der Waals surface area contributed by atoms with Gasteiger partial charge in [-0.3, -0.25) is 10.2 Å². The van der Waals surface area contributed by atoms with Crippen molar-refractivity contribution in [2.45, 2.75) is 34.1 Å². The van der Waals surface area contributed by atoms with Crippen LogP contribution in [0.5, 0.6) is 5.75 Å². The van der Waals surface area contributed by atoms with E-state index in [-0.39, 0.29) is 18.0 Å². The van der Waals surface area contributed by atoms with E-state index in [1.807, 2.05) is 63.2 Å². The Hall–Kier alpha value is -3.91. The molecule has 182 valence electrons. The Labute approximate surface area is 214 Å². The highest BCUT2D eigenvalue weighted by atomic mass is 32.2. The van der Waals surface area contributed by atoms with E-state index in [9.17, 15) is 4.79 Å². The fraction of sp³-hybridized carbons (Fsp3) is 0.214. The molecule has 2 aliphatic heterocycles. The molecule has 1 N–H and O–H groups in total. The molecule has 0 unspecified atom stereocenters. The van der Waals surface area contributed by atoms with Gasteiger partial charge in [0, 0.05) is 17.1 Å². The number of carbonyl (C=O) groups excluding carboxylic acids is 1. The number of fused-ring (bicyclic) bond motifs is 1. The minimum absolute atomic E-state index is 0.0156. The molecule has 0 fully saturated rings. The Morgan fingerprint density at radius 2 is 1.89 bits per heavy atom. The summed E-state index contributed by atoms with van der Waals surface area (Å²) in [6.07, 6.45) is 2.67. The lowest BCUT2D eigenvalue weighted by Gasteiger charge is -2.20. The summed E-state index contributed by atoms with van der Waals surface area (Å²) in [6.45, 7) is 8.46. The Balaban J connectivity index is 1.41. The van der Waals surface area contributed by atoms with Crippen LogP contribution in [0.1, 0.15) is 35.0 Å². The topological polar surface area (TPSA) is 83.0 Å². The predicted octanol–water partition coefficient (Wildman–Crippen LogP) is 5.66. The van der Waals surface area contributed by atoms with Gasteiger partial charge in [0.1, 0.15) is 17.4 Å². The van der Waals surface area contributed by atoms with E-state index in [0.717, 1.165) is 40.4 Å². The summed E-state index contributed by atoms with van der Waals surface area (Å²) in [4.78, 5) is 17.1. The highest BCUT2D eigenvalue weighted by Crippen LogP contribution is 2.30. The third-order valence-electron chi connectivity index (χ3n) is 6.23. The summed E-state index contributed by atoms with van der Waals surface area (Å²) in [6, 6.07) is 18.1. The molecule has 36 heavy (non-hydrogen) atoms. The monoisotopic (exact) mass is 497 g/mol. The molecule has 3 heterocycles. The molecule has 0 aliphatic carbocycles. The standard InChI is InChI=1S/C28H27N5O2S/c1-5-20-10-6-7-12-24(20)32-18(3)14-21(19(32)4)15-23-26(29)33-28(30-27(23)34)36-25(31-33)16-35-22-11-8-9-17(2)13-22/h6-15,29H,5,16H2,1-4H3. The van der Waals surface area contributed by atoms with Crippen LogP contribution in [0.15, 0.2) is 70.3 Å². The van der Waals surface area contributed by atoms with Crippen molar-refractivity contribution in [2.24, 2.45) is 10.1 Å². The molecule has 0 radical (unpaired) electrons. The average Bonchev–Trinajstić information content (AvgIpc) is 3.40. The van der Waals surface area contributed by atoms with Crippen molar-refractivity contribution < 1.29 is 9.53 Å². The van der Waals surface area contributed by atoms with Gasteiger partial charge in [-0.05, 0) is 86.0 Å². The van der Waals surface area contributed by atoms with E-state index in [1.54, 1.807) is 6.08 Å². The SMILES string of the molecule is CCc1ccccc1-n1c(C)cc(C=C2C(=N)N3N=C(COc4cccc(C)c4)SC3=NC2=O)c1C. The van der Waals surface area contributed by atoms with Crippen molar-refractivity contribution in [3.63, 3.8) is 0 Å². The molecule has 8 heteroatoms. The molecule has 0 saturated heterocycles. The third-order valence-corrected chi connectivity index (χ3v) is 7.11. The van der Waals surface area contributed by atoms with Crippen molar-refractivity contribution in [2.75, 3.05) is 6.61 Å². The Bertz CT molecular complexity index is 1480. The number of hydrazone groups is 1. The van der Waals surface area contributed by atoms with Gasteiger partial charge < -0.3 is 9.30 Å². The quantitative estimate of drug-likeness (QED) is 0.445. The number of aromatic nitrogens is 1. The lowest BCUT2D eigenvalue weighted by molar-refractivity contribution is -0.114. The van der Waals surface area contributed by atoms with E-state index in [0.29, 0.717) is 10.2 Å². The van der Waals surface area contributed by atoms with E-state index < -0.39 is 5.91 Å². The van der Waals surface area contributed by atoms with E-state index >= 15 is 0 Å². The second kappa shape index (κ2) is 9.62. The first-order chi connectivity index (χ1) is 17.4. The average molecular weight is 498 g/mol. The fourth-order valence-electron chi connectivity index (χ4n) is 4.43. The first-order valence-electron chi connectivity index (χ1n) is 11.8. The third kappa shape index (κ3) is 4.40. The first-order valence-corrected chi connectivity index (χ1v) is 12.6. The number of aliphatic imine (C=N–C) groups is 1. The number of nitrogens with zero attached hydrogens (tertiary/aromatic N) is 4. The number of amidine groups is 2. The first kappa shape index (κ1) is 23.8. The van der Waals surface area contributed by atoms with Gasteiger partial charge in [0.15, 0.2) is 5.84 Å². The molecule has 2 aromatic carbocycles. The maximum absolute atomic E-state index is 12.9. The molecular weight excluding hydrogens is 470 g/mol. The summed E-state index contributed by atoms with van der Waals surface area (Å²) in [5.74, 6) is 0.326. The van der Waals surface area contributed by atoms with Gasteiger partial charge >= 0.3 is 0 Å². The summed E-state index contributed by atoms with van der Waals surface area (Å²) in [7, 11) is 0. The molecule has 2 aliphatic rings. The second-order valence-electron chi connectivity index (χ2n) is 8.76. The van der Waals surface area contributed by atoms with E-state index in [1.165, 1.54) is 22.3 Å². The number of para-hydroxylation sites is 1. The molecule has 1 amide bonds. The number of amides is 1. The smallest absolute Gasteiger partial charge is 0.283 e. The molecule has 0 bridgehead atoms. The van der Waals surface area contributed by atoms with Crippen molar-refractivity contribution >= 4 is 39.8 Å². The largest absolute Gasteiger partial charge is 0.487 e. The lowest BCUT2D eigenvalue weighted by atomic mass is 10.1. The van der Waals surface area contributed by atoms with Crippen LogP contribution < -0.4 is 4.74 Å². The number of hydrogen-bond acceptors (Lipinski definition) is 5. The minimum Gasteiger partial charge on any atom is -0.487 e. The number of aryl methyl sites for hydroxylation is 3. The maximum atomic E-state index is 12.9. The molecular formula is C28H27N5O2S. The number of rotatable bonds is 6. The summed E-state index contributed by atoms with van der Waals surface area (Å²) >= 11 is 1.25. The number of thioether (sulfide) groups is 1. The van der Waals surface area contributed by atoms with E-state index in [4.69, 9.17) is 10.1 Å². The van der Waals surface area contributed by atoms with Crippen molar-refractivity contribution in [3.8, 4) is 11.4 Å². The number of ether oxygens (including phenoxy) is 1. The van der Waals surface area contributed by atoms with Crippen LogP contribution in [0.4, 0.5) is 0 Å². The van der Waals surface area contributed by atoms with Gasteiger partial charge in [0.2, 0.25) is 5.17 Å². The number of carbonyl (C=O) groups is 1. The Morgan fingerprint density at radius 1 is 1.08 bits per heavy atom. The van der Waals surface area contributed by atoms with Crippen LogP contribution in [-0.2, 0) is 11.2 Å². The Kier molecular flexibility index (Phi) is 6.36. The van der Waals surface area contributed by atoms with Crippen LogP contribution in [0.3, 0.4) is 0 Å². The molecule has 0 saturated carbocycles. The van der Waals surface area contributed by atoms with Crippen LogP contribution in [-0.4, -0.2) is 38.1 Å². The predicted molar refractivity (Wildman–Crippen MR) is 146 cm³/mol. The number of benzene rings is 2. The zero-order valence-corrected chi connectivity index (χ0v) is 21.5. The van der Waals surface area contributed by atoms with Crippen LogP contribution in [0, 0.1) is 26.2 Å². The highest BCUT2D eigenvalue weighted by molar-refractivity contribution is 8.27. The molecule has 3 aromatic rings. The molecule has 7 nitrogen and oxygen atoms in total. The van der Waals surface area contributed by atoms with Crippen LogP contribution in [0.2, 0.25) is 0 Å². The summed E-state index contributed by atoms with van der Waals surface area (Å²) in [5.41, 5.74) is 6.64. The van der Waals surface area contributed by atoms with Gasteiger partial charge in [0.05, 0.1) is 5.57 Å². The van der Waals surface area contributed by atoms with Crippen molar-refractivity contribution in [3.05, 3.63) is 88.2 Å². The summed E-state index contributed by atoms with van der Waals surface area (Å²) < 4.78 is 8.04. The van der Waals surface area contributed by atoms with Gasteiger partial charge in [0.25, 0.3) is 5.91 Å².